The molecule has 2 heterocycles. The van der Waals surface area contributed by atoms with Gasteiger partial charge < -0.3 is 10.6 Å². The van der Waals surface area contributed by atoms with E-state index in [1.807, 2.05) is 12.1 Å². The summed E-state index contributed by atoms with van der Waals surface area (Å²) >= 11 is 7.81. The molecule has 106 valence electrons. The lowest BCUT2D eigenvalue weighted by Gasteiger charge is -2.37. The Hall–Kier alpha value is -1.03. The molecule has 1 saturated heterocycles. The van der Waals surface area contributed by atoms with Gasteiger partial charge in [-0.25, -0.2) is 0 Å². The number of halogens is 1. The van der Waals surface area contributed by atoms with Gasteiger partial charge in [-0.1, -0.05) is 23.7 Å². The van der Waals surface area contributed by atoms with Gasteiger partial charge >= 0.3 is 0 Å². The number of nitrogens with two attached hydrogens (primary N) is 1. The van der Waals surface area contributed by atoms with Crippen LogP contribution in [0.15, 0.2) is 41.1 Å². The van der Waals surface area contributed by atoms with Crippen molar-refractivity contribution in [1.29, 1.82) is 0 Å². The molecular weight excluding hydrogens is 288 g/mol. The molecule has 1 aliphatic rings. The fourth-order valence-electron chi connectivity index (χ4n) is 3.04. The number of rotatable bonds is 3. The first-order chi connectivity index (χ1) is 9.70. The quantitative estimate of drug-likeness (QED) is 0.934. The van der Waals surface area contributed by atoms with Crippen LogP contribution >= 0.6 is 22.9 Å². The maximum absolute atomic E-state index is 6.24. The van der Waals surface area contributed by atoms with Crippen LogP contribution in [0.2, 0.25) is 5.02 Å². The fourth-order valence-corrected chi connectivity index (χ4v) is 3.92. The predicted octanol–water partition coefficient (Wildman–Crippen LogP) is 3.80. The smallest absolute Gasteiger partial charge is 0.0475 e. The Morgan fingerprint density at radius 2 is 2.20 bits per heavy atom. The Morgan fingerprint density at radius 3 is 2.95 bits per heavy atom. The van der Waals surface area contributed by atoms with Crippen LogP contribution in [0.25, 0.3) is 0 Å². The zero-order valence-corrected chi connectivity index (χ0v) is 12.9. The van der Waals surface area contributed by atoms with Crippen LogP contribution in [0.1, 0.15) is 12.0 Å². The van der Waals surface area contributed by atoms with Gasteiger partial charge in [0.05, 0.1) is 0 Å². The average Bonchev–Trinajstić information content (AvgIpc) is 2.91. The summed E-state index contributed by atoms with van der Waals surface area (Å²) in [5.41, 5.74) is 8.85. The molecule has 2 nitrogen and oxygen atoms in total. The average molecular weight is 307 g/mol. The lowest BCUT2D eigenvalue weighted by Crippen LogP contribution is -2.47. The Kier molecular flexibility index (Phi) is 4.29. The third-order valence-corrected chi connectivity index (χ3v) is 4.76. The first kappa shape index (κ1) is 13.9. The third kappa shape index (κ3) is 3.35. The highest BCUT2D eigenvalue weighted by atomic mass is 35.5. The molecular formula is C16H19ClN2S. The second kappa shape index (κ2) is 6.17. The van der Waals surface area contributed by atoms with Crippen molar-refractivity contribution in [2.75, 3.05) is 18.0 Å². The first-order valence-corrected chi connectivity index (χ1v) is 8.30. The minimum Gasteiger partial charge on any atom is -0.369 e. The van der Waals surface area contributed by atoms with E-state index in [1.54, 1.807) is 11.3 Å². The molecule has 20 heavy (non-hydrogen) atoms. The number of thiophene rings is 1. The maximum atomic E-state index is 6.24. The van der Waals surface area contributed by atoms with Gasteiger partial charge in [-0.3, -0.25) is 0 Å². The predicted molar refractivity (Wildman–Crippen MR) is 87.8 cm³/mol. The highest BCUT2D eigenvalue weighted by Gasteiger charge is 2.25. The van der Waals surface area contributed by atoms with Crippen LogP contribution in [0.3, 0.4) is 0 Å². The number of hydrogen-bond acceptors (Lipinski definition) is 3. The number of anilines is 1. The summed E-state index contributed by atoms with van der Waals surface area (Å²) in [4.78, 5) is 2.42. The first-order valence-electron chi connectivity index (χ1n) is 6.98. The summed E-state index contributed by atoms with van der Waals surface area (Å²) in [6.07, 6.45) is 2.14. The molecule has 0 saturated carbocycles. The molecule has 2 unspecified atom stereocenters. The zero-order chi connectivity index (χ0) is 13.9. The van der Waals surface area contributed by atoms with Crippen molar-refractivity contribution in [3.8, 4) is 0 Å². The number of nitrogens with zero attached hydrogens (tertiary/aromatic N) is 1. The highest BCUT2D eigenvalue weighted by Crippen LogP contribution is 2.27. The van der Waals surface area contributed by atoms with E-state index in [0.717, 1.165) is 31.0 Å². The second-order valence-corrected chi connectivity index (χ2v) is 6.80. The Labute approximate surface area is 129 Å². The molecule has 0 spiro atoms. The van der Waals surface area contributed by atoms with Crippen LogP contribution in [0.4, 0.5) is 5.69 Å². The van der Waals surface area contributed by atoms with Gasteiger partial charge in [0.1, 0.15) is 0 Å². The van der Waals surface area contributed by atoms with Crippen molar-refractivity contribution in [2.45, 2.75) is 18.9 Å². The molecule has 3 rings (SSSR count). The Balaban J connectivity index is 1.70. The van der Waals surface area contributed by atoms with Crippen molar-refractivity contribution in [1.82, 2.24) is 0 Å². The summed E-state index contributed by atoms with van der Waals surface area (Å²) in [7, 11) is 0. The van der Waals surface area contributed by atoms with Crippen molar-refractivity contribution in [3.63, 3.8) is 0 Å². The summed E-state index contributed by atoms with van der Waals surface area (Å²) in [5, 5.41) is 5.15. The molecule has 1 aliphatic heterocycles. The summed E-state index contributed by atoms with van der Waals surface area (Å²) in [6, 6.07) is 10.6. The van der Waals surface area contributed by atoms with E-state index in [0.29, 0.717) is 5.92 Å². The number of benzene rings is 1. The van der Waals surface area contributed by atoms with Crippen LogP contribution in [0, 0.1) is 5.92 Å². The summed E-state index contributed by atoms with van der Waals surface area (Å²) in [6.45, 7) is 2.04. The lowest BCUT2D eigenvalue weighted by molar-refractivity contribution is 0.375. The fraction of sp³-hybridized carbons (Fsp3) is 0.375. The number of hydrogen-bond donors (Lipinski definition) is 1. The highest BCUT2D eigenvalue weighted by molar-refractivity contribution is 7.08. The summed E-state index contributed by atoms with van der Waals surface area (Å²) in [5.74, 6) is 0.595. The van der Waals surface area contributed by atoms with Crippen molar-refractivity contribution < 1.29 is 0 Å². The molecule has 2 N–H and O–H groups in total. The maximum Gasteiger partial charge on any atom is 0.0475 e. The molecule has 0 bridgehead atoms. The van der Waals surface area contributed by atoms with E-state index in [4.69, 9.17) is 17.3 Å². The zero-order valence-electron chi connectivity index (χ0n) is 11.3. The number of piperidine rings is 1. The SMILES string of the molecule is NC1CC(Cc2cccc(Cl)c2)CN(c2ccsc2)C1. The minimum absolute atomic E-state index is 0.257. The molecule has 1 aromatic heterocycles. The van der Waals surface area contributed by atoms with Crippen LogP contribution in [0.5, 0.6) is 0 Å². The van der Waals surface area contributed by atoms with E-state index in [2.05, 4.69) is 33.9 Å². The van der Waals surface area contributed by atoms with Crippen molar-refractivity contribution in [2.24, 2.45) is 11.7 Å². The molecule has 0 amide bonds. The van der Waals surface area contributed by atoms with E-state index >= 15 is 0 Å². The Bertz CT molecular complexity index is 555. The van der Waals surface area contributed by atoms with Gasteiger partial charge in [-0.2, -0.15) is 11.3 Å². The van der Waals surface area contributed by atoms with Gasteiger partial charge in [-0.15, -0.1) is 0 Å². The van der Waals surface area contributed by atoms with Crippen molar-refractivity contribution in [3.05, 3.63) is 51.7 Å². The lowest BCUT2D eigenvalue weighted by atomic mass is 9.89. The van der Waals surface area contributed by atoms with Gasteiger partial charge in [-0.05, 0) is 47.9 Å². The van der Waals surface area contributed by atoms with Crippen LogP contribution in [-0.2, 0) is 6.42 Å². The molecule has 1 fully saturated rings. The molecule has 1 aromatic carbocycles. The Morgan fingerprint density at radius 1 is 1.30 bits per heavy atom. The molecule has 0 radical (unpaired) electrons. The largest absolute Gasteiger partial charge is 0.369 e. The van der Waals surface area contributed by atoms with Crippen LogP contribution in [-0.4, -0.2) is 19.1 Å². The van der Waals surface area contributed by atoms with E-state index < -0.39 is 0 Å². The second-order valence-electron chi connectivity index (χ2n) is 5.58. The van der Waals surface area contributed by atoms with E-state index in [1.165, 1.54) is 11.3 Å². The molecule has 0 aliphatic carbocycles. The molecule has 2 atom stereocenters. The van der Waals surface area contributed by atoms with Gasteiger partial charge in [0, 0.05) is 35.2 Å². The van der Waals surface area contributed by atoms with Gasteiger partial charge in [0.25, 0.3) is 0 Å². The summed E-state index contributed by atoms with van der Waals surface area (Å²) < 4.78 is 0. The van der Waals surface area contributed by atoms with Crippen LogP contribution < -0.4 is 10.6 Å². The van der Waals surface area contributed by atoms with Gasteiger partial charge in [0.15, 0.2) is 0 Å². The van der Waals surface area contributed by atoms with Crippen molar-refractivity contribution >= 4 is 28.6 Å². The third-order valence-electron chi connectivity index (χ3n) is 3.85. The standard InChI is InChI=1S/C16H19ClN2S/c17-14-3-1-2-12(7-14)6-13-8-15(18)10-19(9-13)16-4-5-20-11-16/h1-5,7,11,13,15H,6,8-10,18H2. The molecule has 4 heteroatoms. The van der Waals surface area contributed by atoms with E-state index in [9.17, 15) is 0 Å². The topological polar surface area (TPSA) is 29.3 Å². The minimum atomic E-state index is 0.257. The monoisotopic (exact) mass is 306 g/mol. The van der Waals surface area contributed by atoms with E-state index in [-0.39, 0.29) is 6.04 Å². The molecule has 2 aromatic rings. The normalized spacial score (nSPS) is 23.0. The van der Waals surface area contributed by atoms with Gasteiger partial charge in [0.2, 0.25) is 0 Å².